The topological polar surface area (TPSA) is 12.4 Å². The summed E-state index contributed by atoms with van der Waals surface area (Å²) in [5.74, 6) is 4.16. The normalized spacial score (nSPS) is 9.89. The van der Waals surface area contributed by atoms with Crippen molar-refractivity contribution in [3.63, 3.8) is 0 Å². The van der Waals surface area contributed by atoms with Gasteiger partial charge in [-0.05, 0) is 71.7 Å². The number of nitrogens with zero attached hydrogens (tertiary/aromatic N) is 1. The third-order valence-corrected chi connectivity index (χ3v) is 4.19. The lowest BCUT2D eigenvalue weighted by Crippen LogP contribution is -1.93. The molecule has 0 aliphatic carbocycles. The lowest BCUT2D eigenvalue weighted by Gasteiger charge is -2.03. The SMILES string of the molecule is CCc1cc(F)c(C#Cc2ccc(-c3ccc(N=C=S)cc3)cc2)c(F)c1. The molecule has 1 nitrogen and oxygen atoms in total. The number of thiocarbonyl (C=S) groups is 1. The molecule has 3 rings (SSSR count). The van der Waals surface area contributed by atoms with Crippen molar-refractivity contribution < 1.29 is 8.78 Å². The van der Waals surface area contributed by atoms with Crippen LogP contribution in [0.2, 0.25) is 0 Å². The molecule has 0 bridgehead atoms. The molecule has 0 aliphatic rings. The van der Waals surface area contributed by atoms with E-state index in [4.69, 9.17) is 0 Å². The van der Waals surface area contributed by atoms with Gasteiger partial charge in [0.15, 0.2) is 0 Å². The highest BCUT2D eigenvalue weighted by molar-refractivity contribution is 7.78. The number of benzene rings is 3. The van der Waals surface area contributed by atoms with Crippen molar-refractivity contribution in [3.8, 4) is 23.0 Å². The van der Waals surface area contributed by atoms with Crippen LogP contribution in [-0.2, 0) is 6.42 Å². The second kappa shape index (κ2) is 8.51. The van der Waals surface area contributed by atoms with Gasteiger partial charge in [0, 0.05) is 5.56 Å². The maximum absolute atomic E-state index is 14.0. The largest absolute Gasteiger partial charge is 0.206 e. The molecule has 0 aliphatic heterocycles. The highest BCUT2D eigenvalue weighted by Crippen LogP contribution is 2.23. The molecule has 0 aromatic heterocycles. The summed E-state index contributed by atoms with van der Waals surface area (Å²) in [7, 11) is 0. The summed E-state index contributed by atoms with van der Waals surface area (Å²) in [5.41, 5.74) is 3.86. The maximum atomic E-state index is 14.0. The minimum absolute atomic E-state index is 0.203. The maximum Gasteiger partial charge on any atom is 0.142 e. The first-order valence-electron chi connectivity index (χ1n) is 8.39. The third-order valence-electron chi connectivity index (χ3n) is 4.10. The van der Waals surface area contributed by atoms with E-state index < -0.39 is 11.6 Å². The fraction of sp³-hybridized carbons (Fsp3) is 0.0870. The highest BCUT2D eigenvalue weighted by atomic mass is 32.1. The fourth-order valence-electron chi connectivity index (χ4n) is 2.61. The molecule has 0 unspecified atom stereocenters. The standard InChI is InChI=1S/C23H15F2NS/c1-2-16-13-22(24)21(23(25)14-16)12-5-17-3-6-18(7-4-17)19-8-10-20(11-9-19)26-15-27/h3-4,6-11,13-14H,2H2,1H3. The summed E-state index contributed by atoms with van der Waals surface area (Å²) in [5, 5.41) is 2.33. The van der Waals surface area contributed by atoms with Crippen LogP contribution in [-0.4, -0.2) is 5.16 Å². The van der Waals surface area contributed by atoms with Crippen molar-refractivity contribution in [3.05, 3.63) is 89.0 Å². The van der Waals surface area contributed by atoms with Gasteiger partial charge in [-0.1, -0.05) is 43.0 Å². The van der Waals surface area contributed by atoms with E-state index in [1.807, 2.05) is 55.5 Å². The molecule has 132 valence electrons. The van der Waals surface area contributed by atoms with E-state index in [1.54, 1.807) is 0 Å². The summed E-state index contributed by atoms with van der Waals surface area (Å²) in [6, 6.07) is 17.7. The van der Waals surface area contributed by atoms with Crippen LogP contribution in [0.1, 0.15) is 23.6 Å². The Morgan fingerprint density at radius 2 is 1.41 bits per heavy atom. The van der Waals surface area contributed by atoms with E-state index in [1.165, 1.54) is 12.1 Å². The molecule has 0 amide bonds. The predicted octanol–water partition coefficient (Wildman–Crippen LogP) is 6.33. The Balaban J connectivity index is 1.83. The first kappa shape index (κ1) is 18.7. The molecule has 0 saturated heterocycles. The van der Waals surface area contributed by atoms with Gasteiger partial charge in [0.05, 0.1) is 16.4 Å². The van der Waals surface area contributed by atoms with Crippen molar-refractivity contribution in [2.24, 2.45) is 4.99 Å². The van der Waals surface area contributed by atoms with Gasteiger partial charge in [0.2, 0.25) is 0 Å². The van der Waals surface area contributed by atoms with Crippen molar-refractivity contribution in [1.82, 2.24) is 0 Å². The van der Waals surface area contributed by atoms with E-state index in [0.717, 1.165) is 16.8 Å². The second-order valence-corrected chi connectivity index (χ2v) is 6.05. The Bertz CT molecular complexity index is 1050. The summed E-state index contributed by atoms with van der Waals surface area (Å²) >= 11 is 4.59. The summed E-state index contributed by atoms with van der Waals surface area (Å²) in [6.07, 6.45) is 0.571. The van der Waals surface area contributed by atoms with E-state index in [-0.39, 0.29) is 5.56 Å². The van der Waals surface area contributed by atoms with Crippen molar-refractivity contribution >= 4 is 23.1 Å². The van der Waals surface area contributed by atoms with Crippen LogP contribution in [0.5, 0.6) is 0 Å². The molecule has 0 saturated carbocycles. The van der Waals surface area contributed by atoms with Crippen LogP contribution < -0.4 is 0 Å². The zero-order valence-corrected chi connectivity index (χ0v) is 15.4. The van der Waals surface area contributed by atoms with Crippen molar-refractivity contribution in [1.29, 1.82) is 0 Å². The number of aliphatic imine (C=N–C) groups is 1. The molecule has 0 fully saturated rings. The molecule has 3 aromatic rings. The molecule has 3 aromatic carbocycles. The first-order chi connectivity index (χ1) is 13.1. The fourth-order valence-corrected chi connectivity index (χ4v) is 2.72. The quantitative estimate of drug-likeness (QED) is 0.296. The average molecular weight is 375 g/mol. The molecule has 0 atom stereocenters. The van der Waals surface area contributed by atoms with E-state index in [0.29, 0.717) is 17.5 Å². The van der Waals surface area contributed by atoms with Crippen LogP contribution in [0.4, 0.5) is 14.5 Å². The van der Waals surface area contributed by atoms with Crippen molar-refractivity contribution in [2.45, 2.75) is 13.3 Å². The zero-order valence-electron chi connectivity index (χ0n) is 14.6. The number of hydrogen-bond donors (Lipinski definition) is 0. The lowest BCUT2D eigenvalue weighted by molar-refractivity contribution is 0.574. The van der Waals surface area contributed by atoms with Gasteiger partial charge in [-0.3, -0.25) is 0 Å². The van der Waals surface area contributed by atoms with Gasteiger partial charge in [-0.2, -0.15) is 4.99 Å². The minimum Gasteiger partial charge on any atom is -0.206 e. The smallest absolute Gasteiger partial charge is 0.142 e. The Labute approximate surface area is 162 Å². The predicted molar refractivity (Wildman–Crippen MR) is 108 cm³/mol. The van der Waals surface area contributed by atoms with Crippen molar-refractivity contribution in [2.75, 3.05) is 0 Å². The minimum atomic E-state index is -0.630. The summed E-state index contributed by atoms with van der Waals surface area (Å²) in [6.45, 7) is 1.85. The molecule has 4 heteroatoms. The van der Waals surface area contributed by atoms with Gasteiger partial charge in [0.1, 0.15) is 11.6 Å². The Kier molecular flexibility index (Phi) is 5.88. The number of aryl methyl sites for hydroxylation is 1. The van der Waals surface area contributed by atoms with Crippen LogP contribution >= 0.6 is 12.2 Å². The van der Waals surface area contributed by atoms with Gasteiger partial charge in [-0.15, -0.1) is 0 Å². The molecular formula is C23H15F2NS. The summed E-state index contributed by atoms with van der Waals surface area (Å²) < 4.78 is 28.0. The molecule has 0 N–H and O–H groups in total. The molecular weight excluding hydrogens is 360 g/mol. The molecule has 0 heterocycles. The van der Waals surface area contributed by atoms with Gasteiger partial charge < -0.3 is 0 Å². The van der Waals surface area contributed by atoms with Crippen LogP contribution in [0.25, 0.3) is 11.1 Å². The van der Waals surface area contributed by atoms with Crippen LogP contribution in [0, 0.1) is 23.5 Å². The van der Waals surface area contributed by atoms with Gasteiger partial charge >= 0.3 is 0 Å². The number of rotatable bonds is 3. The Morgan fingerprint density at radius 3 is 1.93 bits per heavy atom. The molecule has 27 heavy (non-hydrogen) atoms. The third kappa shape index (κ3) is 4.54. The van der Waals surface area contributed by atoms with Crippen LogP contribution in [0.3, 0.4) is 0 Å². The number of isothiocyanates is 1. The number of halogens is 2. The molecule has 0 radical (unpaired) electrons. The second-order valence-electron chi connectivity index (χ2n) is 5.87. The zero-order chi connectivity index (χ0) is 19.2. The van der Waals surface area contributed by atoms with Gasteiger partial charge in [0.25, 0.3) is 0 Å². The van der Waals surface area contributed by atoms with E-state index >= 15 is 0 Å². The van der Waals surface area contributed by atoms with E-state index in [9.17, 15) is 8.78 Å². The molecule has 0 spiro atoms. The van der Waals surface area contributed by atoms with E-state index in [2.05, 4.69) is 34.2 Å². The monoisotopic (exact) mass is 375 g/mol. The average Bonchev–Trinajstić information content (AvgIpc) is 2.68. The number of hydrogen-bond acceptors (Lipinski definition) is 2. The summed E-state index contributed by atoms with van der Waals surface area (Å²) in [4.78, 5) is 3.92. The van der Waals surface area contributed by atoms with Gasteiger partial charge in [-0.25, -0.2) is 8.78 Å². The first-order valence-corrected chi connectivity index (χ1v) is 8.80. The lowest BCUT2D eigenvalue weighted by atomic mass is 10.0. The Hall–Kier alpha value is -3.12. The van der Waals surface area contributed by atoms with Crippen LogP contribution in [0.15, 0.2) is 65.7 Å². The highest BCUT2D eigenvalue weighted by Gasteiger charge is 2.08. The Morgan fingerprint density at radius 1 is 0.852 bits per heavy atom.